The van der Waals surface area contributed by atoms with Gasteiger partial charge in [-0.3, -0.25) is 4.79 Å². The van der Waals surface area contributed by atoms with E-state index in [0.29, 0.717) is 13.0 Å². The third kappa shape index (κ3) is 4.94. The minimum absolute atomic E-state index is 0.104. The van der Waals surface area contributed by atoms with Gasteiger partial charge in [0.1, 0.15) is 0 Å². The van der Waals surface area contributed by atoms with Crippen molar-refractivity contribution in [2.75, 3.05) is 20.3 Å². The second kappa shape index (κ2) is 10.1. The van der Waals surface area contributed by atoms with Crippen molar-refractivity contribution in [2.45, 2.75) is 69.9 Å². The molecule has 3 unspecified atom stereocenters. The van der Waals surface area contributed by atoms with E-state index in [1.54, 1.807) is 0 Å². The quantitative estimate of drug-likeness (QED) is 0.583. The zero-order valence-electron chi connectivity index (χ0n) is 20.3. The van der Waals surface area contributed by atoms with Gasteiger partial charge in [0.25, 0.3) is 8.32 Å². The van der Waals surface area contributed by atoms with Crippen LogP contribution < -0.4 is 10.4 Å². The largest absolute Gasteiger partial charge is 0.405 e. The van der Waals surface area contributed by atoms with Crippen molar-refractivity contribution in [3.63, 3.8) is 0 Å². The van der Waals surface area contributed by atoms with Crippen molar-refractivity contribution in [1.82, 2.24) is 4.90 Å². The molecule has 1 amide bonds. The van der Waals surface area contributed by atoms with Crippen molar-refractivity contribution in [3.05, 3.63) is 60.7 Å². The Kier molecular flexibility index (Phi) is 7.39. The number of hydrogen-bond acceptors (Lipinski definition) is 4. The van der Waals surface area contributed by atoms with Crippen molar-refractivity contribution >= 4 is 24.6 Å². The predicted molar refractivity (Wildman–Crippen MR) is 133 cm³/mol. The molecule has 0 radical (unpaired) electrons. The smallest absolute Gasteiger partial charge is 0.261 e. The van der Waals surface area contributed by atoms with Crippen LogP contribution in [-0.4, -0.2) is 57.8 Å². The third-order valence-electron chi connectivity index (χ3n) is 7.05. The van der Waals surface area contributed by atoms with E-state index in [1.807, 2.05) is 24.1 Å². The van der Waals surface area contributed by atoms with Crippen LogP contribution in [0.25, 0.3) is 0 Å². The normalized spacial score (nSPS) is 24.3. The highest BCUT2D eigenvalue weighted by Gasteiger charge is 2.51. The second-order valence-electron chi connectivity index (χ2n) is 10.2. The first kappa shape index (κ1) is 24.1. The van der Waals surface area contributed by atoms with Crippen LogP contribution >= 0.6 is 0 Å². The van der Waals surface area contributed by atoms with E-state index in [2.05, 4.69) is 69.3 Å². The van der Waals surface area contributed by atoms with Crippen LogP contribution in [0.15, 0.2) is 60.7 Å². The molecule has 0 spiro atoms. The number of rotatable bonds is 7. The van der Waals surface area contributed by atoms with Crippen LogP contribution in [0.2, 0.25) is 5.04 Å². The maximum Gasteiger partial charge on any atom is 0.261 e. The molecule has 2 aliphatic rings. The van der Waals surface area contributed by atoms with Crippen molar-refractivity contribution in [2.24, 2.45) is 0 Å². The van der Waals surface area contributed by atoms with Crippen molar-refractivity contribution < 1.29 is 18.7 Å². The molecule has 0 N–H and O–H groups in total. The van der Waals surface area contributed by atoms with E-state index in [9.17, 15) is 4.79 Å². The van der Waals surface area contributed by atoms with Gasteiger partial charge in [0.15, 0.2) is 6.29 Å². The molecule has 3 atom stereocenters. The Morgan fingerprint density at radius 3 is 2.12 bits per heavy atom. The number of ether oxygens (including phenoxy) is 2. The van der Waals surface area contributed by atoms with Crippen molar-refractivity contribution in [1.29, 1.82) is 0 Å². The standard InChI is InChI=1S/C27H37NO4Si/c1-27(2,3)33(21-13-7-5-8-14-21,22-15-9-6-10-16-22)31-20-23-24(19-25(29)28(23)4)32-26-17-11-12-18-30-26/h5-10,13-16,23-24,26H,11-12,17-20H2,1-4H3. The van der Waals surface area contributed by atoms with Gasteiger partial charge in [-0.05, 0) is 34.7 Å². The fourth-order valence-corrected chi connectivity index (χ4v) is 9.81. The molecule has 0 bridgehead atoms. The summed E-state index contributed by atoms with van der Waals surface area (Å²) in [6.07, 6.45) is 3.00. The number of benzene rings is 2. The first-order chi connectivity index (χ1) is 15.8. The highest BCUT2D eigenvalue weighted by Crippen LogP contribution is 2.37. The van der Waals surface area contributed by atoms with Gasteiger partial charge in [0, 0.05) is 13.7 Å². The summed E-state index contributed by atoms with van der Waals surface area (Å²) in [7, 11) is -0.807. The lowest BCUT2D eigenvalue weighted by Gasteiger charge is -2.44. The number of likely N-dealkylation sites (tertiary alicyclic amines) is 1. The summed E-state index contributed by atoms with van der Waals surface area (Å²) >= 11 is 0. The van der Waals surface area contributed by atoms with Gasteiger partial charge in [-0.25, -0.2) is 0 Å². The van der Waals surface area contributed by atoms with E-state index in [-0.39, 0.29) is 29.4 Å². The number of likely N-dealkylation sites (N-methyl/N-ethyl adjacent to an activating group) is 1. The Bertz CT molecular complexity index is 869. The van der Waals surface area contributed by atoms with E-state index < -0.39 is 8.32 Å². The Balaban J connectivity index is 1.65. The topological polar surface area (TPSA) is 48.0 Å². The zero-order valence-corrected chi connectivity index (χ0v) is 21.3. The van der Waals surface area contributed by atoms with Gasteiger partial charge < -0.3 is 18.8 Å². The molecule has 2 aromatic rings. The molecule has 2 aliphatic heterocycles. The minimum atomic E-state index is -2.68. The van der Waals surface area contributed by atoms with Gasteiger partial charge in [0.2, 0.25) is 5.91 Å². The molecular weight excluding hydrogens is 430 g/mol. The van der Waals surface area contributed by atoms with Crippen LogP contribution in [0.4, 0.5) is 0 Å². The lowest BCUT2D eigenvalue weighted by Crippen LogP contribution is -2.67. The summed E-state index contributed by atoms with van der Waals surface area (Å²) in [5.41, 5.74) is 0. The third-order valence-corrected chi connectivity index (χ3v) is 12.1. The van der Waals surface area contributed by atoms with Gasteiger partial charge in [-0.2, -0.15) is 0 Å². The lowest BCUT2D eigenvalue weighted by molar-refractivity contribution is -0.193. The summed E-state index contributed by atoms with van der Waals surface area (Å²) < 4.78 is 19.2. The highest BCUT2D eigenvalue weighted by atomic mass is 28.4. The first-order valence-electron chi connectivity index (χ1n) is 12.1. The fraction of sp³-hybridized carbons (Fsp3) is 0.519. The number of carbonyl (C=O) groups is 1. The fourth-order valence-electron chi connectivity index (χ4n) is 5.23. The van der Waals surface area contributed by atoms with E-state index in [1.165, 1.54) is 10.4 Å². The molecule has 0 saturated carbocycles. The number of nitrogens with zero attached hydrogens (tertiary/aromatic N) is 1. The van der Waals surface area contributed by atoms with E-state index in [4.69, 9.17) is 13.9 Å². The molecule has 0 aliphatic carbocycles. The molecule has 2 aromatic carbocycles. The van der Waals surface area contributed by atoms with E-state index >= 15 is 0 Å². The summed E-state index contributed by atoms with van der Waals surface area (Å²) in [6, 6.07) is 21.1. The van der Waals surface area contributed by atoms with Gasteiger partial charge in [0.05, 0.1) is 25.2 Å². The van der Waals surface area contributed by atoms with Crippen LogP contribution in [0.1, 0.15) is 46.5 Å². The van der Waals surface area contributed by atoms with Crippen LogP contribution in [-0.2, 0) is 18.7 Å². The molecule has 2 saturated heterocycles. The van der Waals surface area contributed by atoms with Crippen molar-refractivity contribution in [3.8, 4) is 0 Å². The molecule has 2 fully saturated rings. The monoisotopic (exact) mass is 467 g/mol. The highest BCUT2D eigenvalue weighted by molar-refractivity contribution is 6.99. The molecule has 2 heterocycles. The van der Waals surface area contributed by atoms with Gasteiger partial charge in [-0.15, -0.1) is 0 Å². The minimum Gasteiger partial charge on any atom is -0.405 e. The predicted octanol–water partition coefficient (Wildman–Crippen LogP) is 3.71. The molecular formula is C27H37NO4Si. The maximum atomic E-state index is 12.7. The Morgan fingerprint density at radius 1 is 1.00 bits per heavy atom. The Labute approximate surface area is 199 Å². The second-order valence-corrected chi connectivity index (χ2v) is 14.5. The van der Waals surface area contributed by atoms with E-state index in [0.717, 1.165) is 25.9 Å². The zero-order chi connectivity index (χ0) is 23.5. The summed E-state index contributed by atoms with van der Waals surface area (Å²) in [4.78, 5) is 14.5. The molecule has 4 rings (SSSR count). The van der Waals surface area contributed by atoms with Crippen LogP contribution in [0.5, 0.6) is 0 Å². The summed E-state index contributed by atoms with van der Waals surface area (Å²) in [5, 5.41) is 2.37. The molecule has 0 aromatic heterocycles. The number of hydrogen-bond donors (Lipinski definition) is 0. The van der Waals surface area contributed by atoms with Gasteiger partial charge in [-0.1, -0.05) is 81.4 Å². The Morgan fingerprint density at radius 2 is 1.61 bits per heavy atom. The summed E-state index contributed by atoms with van der Waals surface area (Å²) in [5.74, 6) is 0.104. The molecule has 33 heavy (non-hydrogen) atoms. The SMILES string of the molecule is CN1C(=O)CC(OC2CCCCO2)C1CO[Si](c1ccccc1)(c1ccccc1)C(C)(C)C. The summed E-state index contributed by atoms with van der Waals surface area (Å²) in [6.45, 7) is 7.98. The van der Waals surface area contributed by atoms with Gasteiger partial charge >= 0.3 is 0 Å². The number of amides is 1. The molecule has 6 heteroatoms. The average molecular weight is 468 g/mol. The first-order valence-corrected chi connectivity index (χ1v) is 14.0. The molecule has 178 valence electrons. The van der Waals surface area contributed by atoms with Crippen LogP contribution in [0.3, 0.4) is 0 Å². The van der Waals surface area contributed by atoms with Crippen LogP contribution in [0, 0.1) is 0 Å². The Hall–Kier alpha value is -1.99. The lowest BCUT2D eigenvalue weighted by atomic mass is 10.1. The maximum absolute atomic E-state index is 12.7. The number of carbonyl (C=O) groups excluding carboxylic acids is 1. The molecule has 5 nitrogen and oxygen atoms in total. The average Bonchev–Trinajstić information content (AvgIpc) is 3.08.